The van der Waals surface area contributed by atoms with E-state index in [0.29, 0.717) is 36.6 Å². The van der Waals surface area contributed by atoms with E-state index in [1.54, 1.807) is 11.0 Å². The summed E-state index contributed by atoms with van der Waals surface area (Å²) in [5.74, 6) is -0.0421. The van der Waals surface area contributed by atoms with Crippen molar-refractivity contribution in [1.82, 2.24) is 14.2 Å². The van der Waals surface area contributed by atoms with Crippen molar-refractivity contribution in [1.29, 1.82) is 0 Å². The van der Waals surface area contributed by atoms with Gasteiger partial charge in [-0.15, -0.1) is 0 Å². The van der Waals surface area contributed by atoms with E-state index in [2.05, 4.69) is 4.98 Å². The topological polar surface area (TPSA) is 73.5 Å². The maximum atomic E-state index is 13.2. The summed E-state index contributed by atoms with van der Waals surface area (Å²) in [6.07, 6.45) is 3.07. The minimum Gasteiger partial charge on any atom is -0.358 e. The molecular weight excluding hydrogens is 398 g/mol. The average molecular weight is 424 g/mol. The van der Waals surface area contributed by atoms with Crippen LogP contribution in [0.3, 0.4) is 0 Å². The first-order valence-corrected chi connectivity index (χ1v) is 11.9. The Morgan fingerprint density at radius 2 is 1.70 bits per heavy atom. The Hall–Kier alpha value is -2.64. The van der Waals surface area contributed by atoms with Gasteiger partial charge in [0.15, 0.2) is 0 Å². The molecule has 2 aliphatic rings. The second-order valence-electron chi connectivity index (χ2n) is 8.15. The van der Waals surface area contributed by atoms with Crippen LogP contribution < -0.4 is 0 Å². The predicted octanol–water partition coefficient (Wildman–Crippen LogP) is 3.11. The van der Waals surface area contributed by atoms with Gasteiger partial charge in [-0.2, -0.15) is 4.31 Å². The molecule has 7 heteroatoms. The van der Waals surface area contributed by atoms with Gasteiger partial charge in [-0.3, -0.25) is 4.79 Å². The third-order valence-electron chi connectivity index (χ3n) is 6.34. The molecule has 156 valence electrons. The van der Waals surface area contributed by atoms with Crippen LogP contribution in [0, 0.1) is 6.92 Å². The number of hydrogen-bond acceptors (Lipinski definition) is 3. The van der Waals surface area contributed by atoms with Crippen molar-refractivity contribution in [3.05, 3.63) is 64.8 Å². The lowest BCUT2D eigenvalue weighted by atomic mass is 10.1. The molecule has 1 amide bonds. The van der Waals surface area contributed by atoms with E-state index in [1.807, 2.05) is 43.3 Å². The van der Waals surface area contributed by atoms with Crippen molar-refractivity contribution in [2.75, 3.05) is 26.2 Å². The van der Waals surface area contributed by atoms with E-state index in [9.17, 15) is 13.2 Å². The molecule has 1 fully saturated rings. The number of piperazine rings is 1. The molecule has 3 aromatic rings. The molecule has 2 aromatic carbocycles. The number of aromatic nitrogens is 1. The Morgan fingerprint density at radius 3 is 2.50 bits per heavy atom. The zero-order valence-electron chi connectivity index (χ0n) is 17.0. The highest BCUT2D eigenvalue weighted by Crippen LogP contribution is 2.28. The van der Waals surface area contributed by atoms with Crippen LogP contribution in [-0.4, -0.2) is 54.7 Å². The van der Waals surface area contributed by atoms with Crippen LogP contribution in [0.1, 0.15) is 33.6 Å². The fraction of sp³-hybridized carbons (Fsp3) is 0.348. The highest BCUT2D eigenvalue weighted by molar-refractivity contribution is 7.89. The van der Waals surface area contributed by atoms with E-state index >= 15 is 0 Å². The van der Waals surface area contributed by atoms with Gasteiger partial charge in [-0.1, -0.05) is 24.3 Å². The number of amides is 1. The number of aryl methyl sites for hydroxylation is 3. The lowest BCUT2D eigenvalue weighted by Crippen LogP contribution is -2.50. The number of benzene rings is 2. The summed E-state index contributed by atoms with van der Waals surface area (Å²) in [6.45, 7) is 3.31. The van der Waals surface area contributed by atoms with Crippen LogP contribution in [0.15, 0.2) is 47.4 Å². The Morgan fingerprint density at radius 1 is 0.967 bits per heavy atom. The maximum Gasteiger partial charge on any atom is 0.256 e. The first-order valence-electron chi connectivity index (χ1n) is 10.4. The molecule has 1 aliphatic carbocycles. The van der Waals surface area contributed by atoms with Gasteiger partial charge in [0.25, 0.3) is 5.91 Å². The molecule has 0 atom stereocenters. The molecular formula is C23H25N3O3S. The highest BCUT2D eigenvalue weighted by Gasteiger charge is 2.32. The standard InChI is InChI=1S/C23H25N3O3S/c1-16-22(20-7-2-3-8-21(20)24-16)23(27)25-11-13-26(14-12-25)30(28,29)19-10-9-17-5-4-6-18(17)15-19/h2-3,7-10,15,24H,4-6,11-14H2,1H3. The number of carbonyl (C=O) groups excluding carboxylic acids is 1. The number of para-hydroxylation sites is 1. The summed E-state index contributed by atoms with van der Waals surface area (Å²) in [7, 11) is -3.54. The molecule has 0 unspecified atom stereocenters. The average Bonchev–Trinajstić information content (AvgIpc) is 3.36. The van der Waals surface area contributed by atoms with E-state index < -0.39 is 10.0 Å². The zero-order valence-corrected chi connectivity index (χ0v) is 17.8. The van der Waals surface area contributed by atoms with E-state index in [1.165, 1.54) is 9.87 Å². The Labute approximate surface area is 176 Å². The van der Waals surface area contributed by atoms with Crippen molar-refractivity contribution in [2.24, 2.45) is 0 Å². The summed E-state index contributed by atoms with van der Waals surface area (Å²) < 4.78 is 27.8. The number of H-pyrrole nitrogens is 1. The molecule has 2 heterocycles. The summed E-state index contributed by atoms with van der Waals surface area (Å²) in [4.78, 5) is 18.6. The maximum absolute atomic E-state index is 13.2. The first kappa shape index (κ1) is 19.3. The van der Waals surface area contributed by atoms with Gasteiger partial charge in [0.2, 0.25) is 10.0 Å². The zero-order chi connectivity index (χ0) is 20.9. The number of carbonyl (C=O) groups is 1. The third kappa shape index (κ3) is 3.13. The van der Waals surface area contributed by atoms with Crippen LogP contribution in [0.5, 0.6) is 0 Å². The second kappa shape index (κ2) is 7.25. The molecule has 1 N–H and O–H groups in total. The quantitative estimate of drug-likeness (QED) is 0.704. The van der Waals surface area contributed by atoms with Crippen molar-refractivity contribution < 1.29 is 13.2 Å². The van der Waals surface area contributed by atoms with Crippen molar-refractivity contribution >= 4 is 26.8 Å². The monoisotopic (exact) mass is 423 g/mol. The summed E-state index contributed by atoms with van der Waals surface area (Å²) in [5, 5.41) is 0.910. The minimum absolute atomic E-state index is 0.0421. The molecule has 0 radical (unpaired) electrons. The second-order valence-corrected chi connectivity index (χ2v) is 10.1. The van der Waals surface area contributed by atoms with Gasteiger partial charge in [0, 0.05) is 42.8 Å². The molecule has 6 nitrogen and oxygen atoms in total. The van der Waals surface area contributed by atoms with Crippen LogP contribution in [0.2, 0.25) is 0 Å². The van der Waals surface area contributed by atoms with Crippen molar-refractivity contribution in [3.8, 4) is 0 Å². The number of nitrogens with zero attached hydrogens (tertiary/aromatic N) is 2. The smallest absolute Gasteiger partial charge is 0.256 e. The van der Waals surface area contributed by atoms with Crippen molar-refractivity contribution in [3.63, 3.8) is 0 Å². The number of nitrogens with one attached hydrogen (secondary N) is 1. The Bertz CT molecular complexity index is 1240. The third-order valence-corrected chi connectivity index (χ3v) is 8.24. The van der Waals surface area contributed by atoms with Gasteiger partial charge >= 0.3 is 0 Å². The molecule has 0 spiro atoms. The fourth-order valence-corrected chi connectivity index (χ4v) is 6.17. The molecule has 0 saturated carbocycles. The number of aromatic amines is 1. The highest BCUT2D eigenvalue weighted by atomic mass is 32.2. The molecule has 1 aliphatic heterocycles. The van der Waals surface area contributed by atoms with E-state index in [0.717, 1.165) is 41.4 Å². The van der Waals surface area contributed by atoms with E-state index in [-0.39, 0.29) is 5.91 Å². The first-order chi connectivity index (χ1) is 14.4. The molecule has 1 aromatic heterocycles. The Balaban J connectivity index is 1.33. The van der Waals surface area contributed by atoms with Gasteiger partial charge in [0.05, 0.1) is 10.5 Å². The predicted molar refractivity (Wildman–Crippen MR) is 116 cm³/mol. The van der Waals surface area contributed by atoms with Crippen molar-refractivity contribution in [2.45, 2.75) is 31.1 Å². The van der Waals surface area contributed by atoms with Crippen LogP contribution in [0.25, 0.3) is 10.9 Å². The van der Waals surface area contributed by atoms with Crippen LogP contribution in [-0.2, 0) is 22.9 Å². The number of fused-ring (bicyclic) bond motifs is 2. The van der Waals surface area contributed by atoms with Crippen LogP contribution in [0.4, 0.5) is 0 Å². The normalized spacial score (nSPS) is 17.4. The summed E-state index contributed by atoms with van der Waals surface area (Å²) in [6, 6.07) is 13.3. The SMILES string of the molecule is Cc1[nH]c2ccccc2c1C(=O)N1CCN(S(=O)(=O)c2ccc3c(c2)CCC3)CC1. The lowest BCUT2D eigenvalue weighted by molar-refractivity contribution is 0.0699. The summed E-state index contributed by atoms with van der Waals surface area (Å²) in [5.41, 5.74) is 4.88. The molecule has 0 bridgehead atoms. The molecule has 5 rings (SSSR count). The van der Waals surface area contributed by atoms with Crippen LogP contribution >= 0.6 is 0 Å². The Kier molecular flexibility index (Phi) is 4.67. The fourth-order valence-electron chi connectivity index (χ4n) is 4.70. The van der Waals surface area contributed by atoms with Gasteiger partial charge in [-0.25, -0.2) is 8.42 Å². The molecule has 1 saturated heterocycles. The minimum atomic E-state index is -3.54. The van der Waals surface area contributed by atoms with E-state index in [4.69, 9.17) is 0 Å². The molecule has 30 heavy (non-hydrogen) atoms. The largest absolute Gasteiger partial charge is 0.358 e. The summed E-state index contributed by atoms with van der Waals surface area (Å²) >= 11 is 0. The van der Waals surface area contributed by atoms with Gasteiger partial charge < -0.3 is 9.88 Å². The van der Waals surface area contributed by atoms with Gasteiger partial charge in [-0.05, 0) is 55.5 Å². The number of rotatable bonds is 3. The number of sulfonamides is 1. The lowest BCUT2D eigenvalue weighted by Gasteiger charge is -2.34. The van der Waals surface area contributed by atoms with Gasteiger partial charge in [0.1, 0.15) is 0 Å². The number of hydrogen-bond donors (Lipinski definition) is 1.